The normalized spacial score (nSPS) is 12.1. The van der Waals surface area contributed by atoms with Gasteiger partial charge in [0.1, 0.15) is 6.54 Å². The van der Waals surface area contributed by atoms with Crippen molar-refractivity contribution in [3.8, 4) is 0 Å². The smallest absolute Gasteiger partial charge is 0.104 e. The van der Waals surface area contributed by atoms with E-state index in [1.807, 2.05) is 0 Å². The Hall–Kier alpha value is -0.860. The van der Waals surface area contributed by atoms with Crippen LogP contribution in [0.2, 0.25) is 0 Å². The second-order valence-electron chi connectivity index (χ2n) is 6.40. The molecular formula is C14H25NO. The molecule has 1 aromatic carbocycles. The zero-order valence-electron chi connectivity index (χ0n) is 11.4. The molecule has 0 aliphatic heterocycles. The third-order valence-electron chi connectivity index (χ3n) is 2.48. The maximum Gasteiger partial charge on any atom is 0.104 e. The highest BCUT2D eigenvalue weighted by Crippen LogP contribution is 2.22. The number of quaternary nitrogens is 1. The molecule has 92 valence electrons. The van der Waals surface area contributed by atoms with Gasteiger partial charge in [-0.2, -0.15) is 0 Å². The molecule has 2 nitrogen and oxygen atoms in total. The lowest BCUT2D eigenvalue weighted by atomic mass is 9.87. The van der Waals surface area contributed by atoms with Gasteiger partial charge in [-0.1, -0.05) is 45.0 Å². The maximum atomic E-state index is 2.25. The minimum atomic E-state index is 0. The summed E-state index contributed by atoms with van der Waals surface area (Å²) in [6, 6.07) is 9.02. The van der Waals surface area contributed by atoms with Crippen LogP contribution < -0.4 is 0 Å². The van der Waals surface area contributed by atoms with E-state index in [9.17, 15) is 0 Å². The van der Waals surface area contributed by atoms with Crippen LogP contribution in [0.25, 0.3) is 0 Å². The van der Waals surface area contributed by atoms with Gasteiger partial charge in [-0.15, -0.1) is 0 Å². The summed E-state index contributed by atoms with van der Waals surface area (Å²) in [5.41, 5.74) is 3.08. The van der Waals surface area contributed by atoms with Gasteiger partial charge < -0.3 is 9.96 Å². The average molecular weight is 223 g/mol. The van der Waals surface area contributed by atoms with E-state index in [-0.39, 0.29) is 10.9 Å². The molecule has 2 heteroatoms. The van der Waals surface area contributed by atoms with E-state index in [2.05, 4.69) is 66.2 Å². The molecule has 0 saturated heterocycles. The molecule has 0 unspecified atom stereocenters. The van der Waals surface area contributed by atoms with E-state index in [4.69, 9.17) is 0 Å². The van der Waals surface area contributed by atoms with Gasteiger partial charge in [-0.25, -0.2) is 0 Å². The number of hydrogen-bond donors (Lipinski definition) is 0. The molecule has 0 fully saturated rings. The molecule has 0 radical (unpaired) electrons. The van der Waals surface area contributed by atoms with Gasteiger partial charge in [-0.3, -0.25) is 0 Å². The Morgan fingerprint density at radius 2 is 1.38 bits per heavy atom. The number of hydrogen-bond acceptors (Lipinski definition) is 1. The van der Waals surface area contributed by atoms with Gasteiger partial charge in [0.05, 0.1) is 21.1 Å². The highest BCUT2D eigenvalue weighted by Gasteiger charge is 2.14. The predicted octanol–water partition coefficient (Wildman–Crippen LogP) is 3.01. The number of benzene rings is 1. The SMILES string of the molecule is CC(C)(C)c1ccc(C[N+](C)(C)C)cc1.[OH-]. The topological polar surface area (TPSA) is 30.0 Å². The fraction of sp³-hybridized carbons (Fsp3) is 0.571. The molecule has 0 amide bonds. The first-order chi connectivity index (χ1) is 6.68. The van der Waals surface area contributed by atoms with Crippen LogP contribution in [0.15, 0.2) is 24.3 Å². The van der Waals surface area contributed by atoms with E-state index < -0.39 is 0 Å². The minimum absolute atomic E-state index is 0. The molecule has 0 saturated carbocycles. The van der Waals surface area contributed by atoms with Crippen molar-refractivity contribution in [1.82, 2.24) is 0 Å². The summed E-state index contributed by atoms with van der Waals surface area (Å²) in [7, 11) is 6.66. The van der Waals surface area contributed by atoms with E-state index in [0.717, 1.165) is 11.0 Å². The lowest BCUT2D eigenvalue weighted by Crippen LogP contribution is -2.33. The zero-order chi connectivity index (χ0) is 11.7. The highest BCUT2D eigenvalue weighted by molar-refractivity contribution is 5.27. The summed E-state index contributed by atoms with van der Waals surface area (Å²) in [6.07, 6.45) is 0. The molecule has 0 aliphatic carbocycles. The van der Waals surface area contributed by atoms with Crippen LogP contribution >= 0.6 is 0 Å². The van der Waals surface area contributed by atoms with Gasteiger partial charge in [0.2, 0.25) is 0 Å². The molecule has 1 N–H and O–H groups in total. The van der Waals surface area contributed by atoms with Crippen molar-refractivity contribution in [3.05, 3.63) is 35.4 Å². The Balaban J connectivity index is 0.00000225. The predicted molar refractivity (Wildman–Crippen MR) is 68.8 cm³/mol. The first-order valence-electron chi connectivity index (χ1n) is 5.58. The number of nitrogens with zero attached hydrogens (tertiary/aromatic N) is 1. The van der Waals surface area contributed by atoms with Crippen molar-refractivity contribution in [1.29, 1.82) is 0 Å². The monoisotopic (exact) mass is 223 g/mol. The van der Waals surface area contributed by atoms with Crippen LogP contribution in [0, 0.1) is 0 Å². The molecule has 0 spiro atoms. The van der Waals surface area contributed by atoms with Crippen molar-refractivity contribution in [2.24, 2.45) is 0 Å². The minimum Gasteiger partial charge on any atom is -0.870 e. The zero-order valence-corrected chi connectivity index (χ0v) is 11.4. The van der Waals surface area contributed by atoms with Gasteiger partial charge >= 0.3 is 0 Å². The summed E-state index contributed by atoms with van der Waals surface area (Å²) in [5, 5.41) is 0. The Morgan fingerprint density at radius 1 is 0.938 bits per heavy atom. The van der Waals surface area contributed by atoms with Crippen LogP contribution in [0.5, 0.6) is 0 Å². The van der Waals surface area contributed by atoms with Gasteiger partial charge in [0, 0.05) is 5.56 Å². The second-order valence-corrected chi connectivity index (χ2v) is 6.40. The molecule has 0 bridgehead atoms. The van der Waals surface area contributed by atoms with Crippen LogP contribution in [0.4, 0.5) is 0 Å². The Kier molecular flexibility index (Phi) is 4.71. The van der Waals surface area contributed by atoms with Crippen molar-refractivity contribution >= 4 is 0 Å². The Bertz CT molecular complexity index is 314. The van der Waals surface area contributed by atoms with E-state index in [1.165, 1.54) is 11.1 Å². The highest BCUT2D eigenvalue weighted by atomic mass is 16.0. The third kappa shape index (κ3) is 4.77. The molecule has 0 heterocycles. The van der Waals surface area contributed by atoms with E-state index >= 15 is 0 Å². The van der Waals surface area contributed by atoms with E-state index in [0.29, 0.717) is 0 Å². The molecular weight excluding hydrogens is 198 g/mol. The maximum absolute atomic E-state index is 2.25. The first-order valence-corrected chi connectivity index (χ1v) is 5.58. The first kappa shape index (κ1) is 15.1. The molecule has 1 rings (SSSR count). The summed E-state index contributed by atoms with van der Waals surface area (Å²) >= 11 is 0. The Labute approximate surface area is 99.8 Å². The van der Waals surface area contributed by atoms with Crippen LogP contribution in [0.1, 0.15) is 31.9 Å². The summed E-state index contributed by atoms with van der Waals surface area (Å²) in [5.74, 6) is 0. The van der Waals surface area contributed by atoms with Crippen molar-refractivity contribution in [2.45, 2.75) is 32.7 Å². The lowest BCUT2D eigenvalue weighted by molar-refractivity contribution is -0.884. The van der Waals surface area contributed by atoms with Crippen molar-refractivity contribution in [2.75, 3.05) is 21.1 Å². The molecule has 0 aliphatic rings. The third-order valence-corrected chi connectivity index (χ3v) is 2.48. The van der Waals surface area contributed by atoms with Crippen LogP contribution in [-0.2, 0) is 12.0 Å². The van der Waals surface area contributed by atoms with Gasteiger partial charge in [0.25, 0.3) is 0 Å². The summed E-state index contributed by atoms with van der Waals surface area (Å²) in [4.78, 5) is 0. The van der Waals surface area contributed by atoms with Gasteiger partial charge in [0.15, 0.2) is 0 Å². The van der Waals surface area contributed by atoms with Crippen molar-refractivity contribution in [3.63, 3.8) is 0 Å². The van der Waals surface area contributed by atoms with Crippen LogP contribution in [0.3, 0.4) is 0 Å². The summed E-state index contributed by atoms with van der Waals surface area (Å²) in [6.45, 7) is 7.84. The van der Waals surface area contributed by atoms with Crippen molar-refractivity contribution < 1.29 is 9.96 Å². The molecule has 1 aromatic rings. The molecule has 0 aromatic heterocycles. The van der Waals surface area contributed by atoms with E-state index in [1.54, 1.807) is 0 Å². The average Bonchev–Trinajstić information content (AvgIpc) is 2.00. The molecule has 0 atom stereocenters. The summed E-state index contributed by atoms with van der Waals surface area (Å²) < 4.78 is 0.981. The Morgan fingerprint density at radius 3 is 1.69 bits per heavy atom. The quantitative estimate of drug-likeness (QED) is 0.709. The lowest BCUT2D eigenvalue weighted by Gasteiger charge is -2.24. The molecule has 16 heavy (non-hydrogen) atoms. The largest absolute Gasteiger partial charge is 0.870 e. The van der Waals surface area contributed by atoms with Gasteiger partial charge in [-0.05, 0) is 11.0 Å². The fourth-order valence-electron chi connectivity index (χ4n) is 1.66. The fourth-order valence-corrected chi connectivity index (χ4v) is 1.66. The van der Waals surface area contributed by atoms with Crippen LogP contribution in [-0.4, -0.2) is 31.1 Å². The standard InChI is InChI=1S/C14H24N.H2O/c1-14(2,3)13-9-7-12(8-10-13)11-15(4,5)6;/h7-10H,11H2,1-6H3;1H2/q+1;/p-1. The second kappa shape index (κ2) is 4.98. The number of rotatable bonds is 2.